The molecule has 1 rings (SSSR count). The Balaban J connectivity index is 2.05. The number of ether oxygens (including phenoxy) is 1. The van der Waals surface area contributed by atoms with Gasteiger partial charge < -0.3 is 15.2 Å². The van der Waals surface area contributed by atoms with Gasteiger partial charge in [-0.1, -0.05) is 50.8 Å². The van der Waals surface area contributed by atoms with Crippen LogP contribution >= 0.6 is 0 Å². The van der Waals surface area contributed by atoms with E-state index in [0.29, 0.717) is 12.2 Å². The third-order valence-corrected chi connectivity index (χ3v) is 4.13. The van der Waals surface area contributed by atoms with Crippen LogP contribution in [0.25, 0.3) is 0 Å². The number of methoxy groups -OCH3 is 1. The fourth-order valence-corrected chi connectivity index (χ4v) is 2.69. The maximum atomic E-state index is 11.9. The van der Waals surface area contributed by atoms with Gasteiger partial charge in [-0.15, -0.1) is 0 Å². The lowest BCUT2D eigenvalue weighted by atomic mass is 10.1. The maximum Gasteiger partial charge on any atom is 0.224 e. The third kappa shape index (κ3) is 9.80. The normalized spacial score (nSPS) is 11.0. The molecule has 0 aromatic heterocycles. The molecule has 4 heteroatoms. The van der Waals surface area contributed by atoms with Crippen molar-refractivity contribution in [3.05, 3.63) is 35.9 Å². The summed E-state index contributed by atoms with van der Waals surface area (Å²) in [6, 6.07) is 5.00. The van der Waals surface area contributed by atoms with E-state index in [0.717, 1.165) is 31.4 Å². The smallest absolute Gasteiger partial charge is 0.224 e. The van der Waals surface area contributed by atoms with E-state index in [9.17, 15) is 9.90 Å². The number of phenolic OH excluding ortho intramolecular Hbond substituents is 1. The van der Waals surface area contributed by atoms with E-state index in [-0.39, 0.29) is 11.7 Å². The van der Waals surface area contributed by atoms with Gasteiger partial charge in [0.25, 0.3) is 0 Å². The fourth-order valence-electron chi connectivity index (χ4n) is 2.69. The van der Waals surface area contributed by atoms with Gasteiger partial charge >= 0.3 is 0 Å². The van der Waals surface area contributed by atoms with Crippen molar-refractivity contribution in [2.75, 3.05) is 13.7 Å². The lowest BCUT2D eigenvalue weighted by Gasteiger charge is -2.08. The molecule has 0 heterocycles. The lowest BCUT2D eigenvalue weighted by Crippen LogP contribution is -2.26. The van der Waals surface area contributed by atoms with Crippen molar-refractivity contribution < 1.29 is 14.6 Å². The molecule has 140 valence electrons. The number of phenols is 1. The molecule has 0 aliphatic rings. The van der Waals surface area contributed by atoms with Gasteiger partial charge in [0.1, 0.15) is 0 Å². The van der Waals surface area contributed by atoms with Crippen LogP contribution in [0.2, 0.25) is 0 Å². The summed E-state index contributed by atoms with van der Waals surface area (Å²) in [6.45, 7) is 2.89. The number of hydrogen-bond donors (Lipinski definition) is 2. The highest BCUT2D eigenvalue weighted by Crippen LogP contribution is 2.26. The minimum absolute atomic E-state index is 0.00968. The number of aromatic hydroxyl groups is 1. The van der Waals surface area contributed by atoms with Crippen LogP contribution in [0, 0.1) is 0 Å². The maximum absolute atomic E-state index is 11.9. The zero-order valence-electron chi connectivity index (χ0n) is 15.7. The van der Waals surface area contributed by atoms with Gasteiger partial charge in [0.2, 0.25) is 5.91 Å². The van der Waals surface area contributed by atoms with Crippen LogP contribution in [0.1, 0.15) is 63.9 Å². The number of carbonyl (C=O) groups is 1. The molecule has 1 aromatic carbocycles. The minimum atomic E-state index is 0.00968. The van der Waals surface area contributed by atoms with Gasteiger partial charge in [-0.2, -0.15) is 0 Å². The molecular formula is C21H33NO3. The largest absolute Gasteiger partial charge is 0.504 e. The predicted molar refractivity (Wildman–Crippen MR) is 103 cm³/mol. The van der Waals surface area contributed by atoms with Crippen LogP contribution in [0.4, 0.5) is 0 Å². The van der Waals surface area contributed by atoms with E-state index < -0.39 is 0 Å². The summed E-state index contributed by atoms with van der Waals surface area (Å²) in [5, 5.41) is 12.5. The fraction of sp³-hybridized carbons (Fsp3) is 0.571. The Bertz CT molecular complexity index is 526. The van der Waals surface area contributed by atoms with Crippen molar-refractivity contribution in [1.82, 2.24) is 5.32 Å². The molecule has 0 fully saturated rings. The van der Waals surface area contributed by atoms with E-state index in [1.807, 2.05) is 0 Å². The Morgan fingerprint density at radius 2 is 1.84 bits per heavy atom. The zero-order valence-corrected chi connectivity index (χ0v) is 15.7. The van der Waals surface area contributed by atoms with Crippen molar-refractivity contribution in [2.45, 2.75) is 64.7 Å². The summed E-state index contributed by atoms with van der Waals surface area (Å²) in [6.07, 6.45) is 14.4. The van der Waals surface area contributed by atoms with Crippen LogP contribution in [0.5, 0.6) is 11.5 Å². The SMILES string of the molecule is CC/C=C\CCCCCCCCNC(=O)Cc1ccc(O)c(OC)c1. The van der Waals surface area contributed by atoms with Gasteiger partial charge in [0.15, 0.2) is 11.5 Å². The molecule has 25 heavy (non-hydrogen) atoms. The van der Waals surface area contributed by atoms with Crippen LogP contribution in [-0.2, 0) is 11.2 Å². The first kappa shape index (κ1) is 21.1. The summed E-state index contributed by atoms with van der Waals surface area (Å²) in [5.41, 5.74) is 0.837. The quantitative estimate of drug-likeness (QED) is 0.400. The Labute approximate surface area is 152 Å². The molecule has 1 aromatic rings. The van der Waals surface area contributed by atoms with Crippen molar-refractivity contribution >= 4 is 5.91 Å². The molecule has 2 N–H and O–H groups in total. The summed E-state index contributed by atoms with van der Waals surface area (Å²) in [4.78, 5) is 11.9. The first-order valence-electron chi connectivity index (χ1n) is 9.45. The van der Waals surface area contributed by atoms with Crippen molar-refractivity contribution in [2.24, 2.45) is 0 Å². The summed E-state index contributed by atoms with van der Waals surface area (Å²) >= 11 is 0. The second kappa shape index (κ2) is 13.3. The second-order valence-electron chi connectivity index (χ2n) is 6.32. The van der Waals surface area contributed by atoms with Crippen LogP contribution in [-0.4, -0.2) is 24.7 Å². The molecule has 4 nitrogen and oxygen atoms in total. The van der Waals surface area contributed by atoms with Gasteiger partial charge in [-0.3, -0.25) is 4.79 Å². The average Bonchev–Trinajstić information content (AvgIpc) is 2.61. The number of amides is 1. The summed E-state index contributed by atoms with van der Waals surface area (Å²) in [5.74, 6) is 0.499. The van der Waals surface area contributed by atoms with E-state index in [1.54, 1.807) is 18.2 Å². The molecule has 0 bridgehead atoms. The topological polar surface area (TPSA) is 58.6 Å². The van der Waals surface area contributed by atoms with Crippen LogP contribution < -0.4 is 10.1 Å². The van der Waals surface area contributed by atoms with Crippen molar-refractivity contribution in [3.63, 3.8) is 0 Å². The monoisotopic (exact) mass is 347 g/mol. The molecule has 0 saturated heterocycles. The molecular weight excluding hydrogens is 314 g/mol. The van der Waals surface area contributed by atoms with Gasteiger partial charge in [-0.25, -0.2) is 0 Å². The van der Waals surface area contributed by atoms with Crippen LogP contribution in [0.15, 0.2) is 30.4 Å². The Morgan fingerprint density at radius 1 is 1.12 bits per heavy atom. The number of unbranched alkanes of at least 4 members (excludes halogenated alkanes) is 6. The predicted octanol–water partition coefficient (Wildman–Crippen LogP) is 4.76. The molecule has 0 unspecified atom stereocenters. The molecule has 0 aliphatic carbocycles. The Morgan fingerprint density at radius 3 is 2.56 bits per heavy atom. The standard InChI is InChI=1S/C21H33NO3/c1-3-4-5-6-7-8-9-10-11-12-15-22-21(24)17-18-13-14-19(23)20(16-18)25-2/h4-5,13-14,16,23H,3,6-12,15,17H2,1-2H3,(H,22,24)/b5-4-. The van der Waals surface area contributed by atoms with Crippen molar-refractivity contribution in [3.8, 4) is 11.5 Å². The molecule has 0 radical (unpaired) electrons. The van der Waals surface area contributed by atoms with E-state index >= 15 is 0 Å². The highest BCUT2D eigenvalue weighted by atomic mass is 16.5. The highest BCUT2D eigenvalue weighted by molar-refractivity contribution is 5.78. The van der Waals surface area contributed by atoms with E-state index in [2.05, 4.69) is 24.4 Å². The van der Waals surface area contributed by atoms with Gasteiger partial charge in [0.05, 0.1) is 13.5 Å². The van der Waals surface area contributed by atoms with Crippen LogP contribution in [0.3, 0.4) is 0 Å². The third-order valence-electron chi connectivity index (χ3n) is 4.13. The first-order chi connectivity index (χ1) is 12.2. The Kier molecular flexibility index (Phi) is 11.2. The number of allylic oxidation sites excluding steroid dienone is 2. The number of rotatable bonds is 13. The molecule has 0 aliphatic heterocycles. The molecule has 0 saturated carbocycles. The van der Waals surface area contributed by atoms with E-state index in [1.165, 1.54) is 39.2 Å². The Hall–Kier alpha value is -1.97. The van der Waals surface area contributed by atoms with Crippen molar-refractivity contribution in [1.29, 1.82) is 0 Å². The molecule has 0 atom stereocenters. The number of nitrogens with one attached hydrogen (secondary N) is 1. The summed E-state index contributed by atoms with van der Waals surface area (Å²) < 4.78 is 5.05. The lowest BCUT2D eigenvalue weighted by molar-refractivity contribution is -0.120. The van der Waals surface area contributed by atoms with E-state index in [4.69, 9.17) is 4.74 Å². The summed E-state index contributed by atoms with van der Waals surface area (Å²) in [7, 11) is 1.50. The zero-order chi connectivity index (χ0) is 18.3. The first-order valence-corrected chi connectivity index (χ1v) is 9.45. The molecule has 1 amide bonds. The number of benzene rings is 1. The average molecular weight is 347 g/mol. The molecule has 0 spiro atoms. The minimum Gasteiger partial charge on any atom is -0.504 e. The van der Waals surface area contributed by atoms with Gasteiger partial charge in [-0.05, 0) is 43.4 Å². The number of hydrogen-bond acceptors (Lipinski definition) is 3. The highest BCUT2D eigenvalue weighted by Gasteiger charge is 2.07. The second-order valence-corrected chi connectivity index (χ2v) is 6.32. The van der Waals surface area contributed by atoms with Gasteiger partial charge in [0, 0.05) is 6.54 Å². The number of carbonyl (C=O) groups excluding carboxylic acids is 1.